The van der Waals surface area contributed by atoms with Gasteiger partial charge >= 0.3 is 0 Å². The molecule has 0 spiro atoms. The van der Waals surface area contributed by atoms with Gasteiger partial charge in [0.2, 0.25) is 0 Å². The molecule has 1 aromatic heterocycles. The molecule has 0 atom stereocenters. The van der Waals surface area contributed by atoms with Crippen LogP contribution < -0.4 is 5.43 Å². The summed E-state index contributed by atoms with van der Waals surface area (Å²) in [4.78, 5) is 25.4. The number of halogens is 1. The normalized spacial score (nSPS) is 15.1. The highest BCUT2D eigenvalue weighted by molar-refractivity contribution is 9.10. The molecule has 30 heavy (non-hydrogen) atoms. The molecule has 2 N–H and O–H groups in total. The van der Waals surface area contributed by atoms with Crippen molar-refractivity contribution in [3.8, 4) is 17.1 Å². The number of phenolic OH excluding ortho intramolecular Hbond substituents is 1. The lowest BCUT2D eigenvalue weighted by molar-refractivity contribution is -0.123. The van der Waals surface area contributed by atoms with E-state index < -0.39 is 11.8 Å². The predicted molar refractivity (Wildman–Crippen MR) is 122 cm³/mol. The molecule has 1 aliphatic rings. The Morgan fingerprint density at radius 2 is 1.93 bits per heavy atom. The molecule has 1 saturated heterocycles. The van der Waals surface area contributed by atoms with Gasteiger partial charge in [-0.25, -0.2) is 0 Å². The summed E-state index contributed by atoms with van der Waals surface area (Å²) in [5, 5.41) is 10.5. The van der Waals surface area contributed by atoms with Crippen LogP contribution in [0.25, 0.3) is 17.4 Å². The zero-order valence-corrected chi connectivity index (χ0v) is 18.4. The topological polar surface area (TPSA) is 82.8 Å². The third-order valence-electron chi connectivity index (χ3n) is 4.14. The van der Waals surface area contributed by atoms with Crippen LogP contribution >= 0.6 is 39.9 Å². The number of thioether (sulfide) groups is 1. The highest BCUT2D eigenvalue weighted by atomic mass is 79.9. The van der Waals surface area contributed by atoms with Gasteiger partial charge in [0.15, 0.2) is 4.32 Å². The first-order chi connectivity index (χ1) is 14.4. The Morgan fingerprint density at radius 1 is 1.17 bits per heavy atom. The van der Waals surface area contributed by atoms with E-state index in [1.54, 1.807) is 12.1 Å². The number of rotatable bonds is 4. The zero-order valence-electron chi connectivity index (χ0n) is 15.2. The minimum Gasteiger partial charge on any atom is -0.508 e. The van der Waals surface area contributed by atoms with E-state index >= 15 is 0 Å². The van der Waals surface area contributed by atoms with Gasteiger partial charge in [-0.2, -0.15) is 5.01 Å². The van der Waals surface area contributed by atoms with Gasteiger partial charge in [0.05, 0.1) is 4.91 Å². The van der Waals surface area contributed by atoms with Crippen molar-refractivity contribution in [2.75, 3.05) is 0 Å². The van der Waals surface area contributed by atoms with Gasteiger partial charge in [-0.3, -0.25) is 15.0 Å². The number of nitrogens with one attached hydrogen (secondary N) is 1. The summed E-state index contributed by atoms with van der Waals surface area (Å²) in [6, 6.07) is 17.1. The first kappa shape index (κ1) is 20.4. The van der Waals surface area contributed by atoms with Gasteiger partial charge in [-0.1, -0.05) is 45.9 Å². The van der Waals surface area contributed by atoms with Gasteiger partial charge in [-0.15, -0.1) is 0 Å². The van der Waals surface area contributed by atoms with Crippen molar-refractivity contribution < 1.29 is 19.1 Å². The summed E-state index contributed by atoms with van der Waals surface area (Å²) in [5.74, 6) is 0.0977. The predicted octanol–water partition coefficient (Wildman–Crippen LogP) is 4.96. The molecular weight excluding hydrogens is 488 g/mol. The third-order valence-corrected chi connectivity index (χ3v) is 5.98. The minimum absolute atomic E-state index is 0.0488. The molecule has 0 unspecified atom stereocenters. The number of amides is 2. The van der Waals surface area contributed by atoms with Crippen LogP contribution in [0.3, 0.4) is 0 Å². The van der Waals surface area contributed by atoms with Crippen molar-refractivity contribution in [3.05, 3.63) is 81.4 Å². The van der Waals surface area contributed by atoms with E-state index in [-0.39, 0.29) is 15.6 Å². The summed E-state index contributed by atoms with van der Waals surface area (Å²) >= 11 is 9.68. The molecule has 1 aliphatic heterocycles. The number of thiocarbonyl (C=S) groups is 1. The maximum Gasteiger partial charge on any atom is 0.285 e. The molecular formula is C21H13BrN2O4S2. The third kappa shape index (κ3) is 4.33. The average Bonchev–Trinajstić information content (AvgIpc) is 3.29. The van der Waals surface area contributed by atoms with E-state index in [2.05, 4.69) is 21.4 Å². The molecule has 6 nitrogen and oxygen atoms in total. The number of nitrogens with zero attached hydrogens (tertiary/aromatic N) is 1. The molecule has 150 valence electrons. The summed E-state index contributed by atoms with van der Waals surface area (Å²) in [5.41, 5.74) is 3.58. The van der Waals surface area contributed by atoms with Crippen molar-refractivity contribution >= 4 is 62.1 Å². The van der Waals surface area contributed by atoms with Crippen LogP contribution in [0.15, 0.2) is 74.5 Å². The molecule has 2 heterocycles. The second-order valence-corrected chi connectivity index (χ2v) is 8.81. The molecule has 0 bridgehead atoms. The van der Waals surface area contributed by atoms with Gasteiger partial charge in [0.25, 0.3) is 11.8 Å². The fraction of sp³-hybridized carbons (Fsp3) is 0. The Bertz CT molecular complexity index is 1190. The van der Waals surface area contributed by atoms with Crippen LogP contribution in [-0.4, -0.2) is 26.3 Å². The number of hydrogen-bond donors (Lipinski definition) is 2. The van der Waals surface area contributed by atoms with Crippen LogP contribution in [-0.2, 0) is 4.79 Å². The Balaban J connectivity index is 1.50. The standard InChI is InChI=1S/C21H13BrN2O4S2/c22-14-6-4-12(5-7-14)17-9-8-16(28-17)11-18-20(27)24(21(29)30-18)23-19(26)13-2-1-3-15(25)10-13/h1-11,25H,(H,23,26)/b18-11+. The van der Waals surface area contributed by atoms with Crippen molar-refractivity contribution in [2.24, 2.45) is 0 Å². The lowest BCUT2D eigenvalue weighted by atomic mass is 10.2. The summed E-state index contributed by atoms with van der Waals surface area (Å²) in [7, 11) is 0. The monoisotopic (exact) mass is 500 g/mol. The number of hydrazine groups is 1. The van der Waals surface area contributed by atoms with E-state index in [0.717, 1.165) is 26.8 Å². The second kappa shape index (κ2) is 8.47. The summed E-state index contributed by atoms with van der Waals surface area (Å²) in [6.45, 7) is 0. The van der Waals surface area contributed by atoms with Gasteiger partial charge in [-0.05, 0) is 54.7 Å². The molecule has 2 aromatic carbocycles. The Labute approximate surface area is 189 Å². The molecule has 2 amide bonds. The fourth-order valence-corrected chi connectivity index (χ4v) is 4.13. The molecule has 0 aliphatic carbocycles. The molecule has 3 aromatic rings. The number of carbonyl (C=O) groups is 2. The lowest BCUT2D eigenvalue weighted by Crippen LogP contribution is -2.44. The smallest absolute Gasteiger partial charge is 0.285 e. The van der Waals surface area contributed by atoms with Gasteiger partial charge in [0.1, 0.15) is 17.3 Å². The van der Waals surface area contributed by atoms with Crippen molar-refractivity contribution in [1.29, 1.82) is 0 Å². The van der Waals surface area contributed by atoms with Crippen LogP contribution in [0.1, 0.15) is 16.1 Å². The van der Waals surface area contributed by atoms with Gasteiger partial charge in [0, 0.05) is 21.7 Å². The first-order valence-electron chi connectivity index (χ1n) is 8.64. The molecule has 4 rings (SSSR count). The number of phenols is 1. The number of furan rings is 1. The largest absolute Gasteiger partial charge is 0.508 e. The van der Waals surface area contributed by atoms with Crippen molar-refractivity contribution in [1.82, 2.24) is 10.4 Å². The summed E-state index contributed by atoms with van der Waals surface area (Å²) < 4.78 is 6.98. The van der Waals surface area contributed by atoms with Crippen molar-refractivity contribution in [2.45, 2.75) is 0 Å². The Kier molecular flexibility index (Phi) is 5.76. The lowest BCUT2D eigenvalue weighted by Gasteiger charge is -2.15. The Hall–Kier alpha value is -2.88. The van der Waals surface area contributed by atoms with E-state index in [1.165, 1.54) is 24.3 Å². The number of benzene rings is 2. The number of carbonyl (C=O) groups excluding carboxylic acids is 2. The van der Waals surface area contributed by atoms with Crippen molar-refractivity contribution in [3.63, 3.8) is 0 Å². The zero-order chi connectivity index (χ0) is 21.3. The Morgan fingerprint density at radius 3 is 2.67 bits per heavy atom. The van der Waals surface area contributed by atoms with E-state index in [4.69, 9.17) is 16.6 Å². The molecule has 1 fully saturated rings. The first-order valence-corrected chi connectivity index (χ1v) is 10.7. The van der Waals surface area contributed by atoms with Crippen LogP contribution in [0.4, 0.5) is 0 Å². The van der Waals surface area contributed by atoms with Crippen LogP contribution in [0.5, 0.6) is 5.75 Å². The second-order valence-electron chi connectivity index (χ2n) is 6.22. The quantitative estimate of drug-likeness (QED) is 0.389. The van der Waals surface area contributed by atoms with E-state index in [9.17, 15) is 14.7 Å². The average molecular weight is 501 g/mol. The molecule has 9 heteroatoms. The van der Waals surface area contributed by atoms with Crippen LogP contribution in [0, 0.1) is 0 Å². The highest BCUT2D eigenvalue weighted by Gasteiger charge is 2.34. The minimum atomic E-state index is -0.557. The number of hydrogen-bond acceptors (Lipinski definition) is 6. The molecule has 0 radical (unpaired) electrons. The SMILES string of the molecule is O=C(NN1C(=O)/C(=C\c2ccc(-c3ccc(Br)cc3)o2)SC1=S)c1cccc(O)c1. The number of aromatic hydroxyl groups is 1. The van der Waals surface area contributed by atoms with Gasteiger partial charge < -0.3 is 9.52 Å². The fourth-order valence-electron chi connectivity index (χ4n) is 2.71. The van der Waals surface area contributed by atoms with E-state index in [1.807, 2.05) is 30.3 Å². The van der Waals surface area contributed by atoms with Crippen LogP contribution in [0.2, 0.25) is 0 Å². The maximum atomic E-state index is 12.7. The molecule has 0 saturated carbocycles. The summed E-state index contributed by atoms with van der Waals surface area (Å²) in [6.07, 6.45) is 1.59. The maximum absolute atomic E-state index is 12.7. The van der Waals surface area contributed by atoms with E-state index in [0.29, 0.717) is 16.4 Å². The highest BCUT2D eigenvalue weighted by Crippen LogP contribution is 2.33.